The smallest absolute Gasteiger partial charge is 0.264 e. The molecule has 0 amide bonds. The molecule has 0 N–H and O–H groups in total. The molecule has 1 atom stereocenters. The average molecular weight is 363 g/mol. The normalized spacial score (nSPS) is 19.4. The van der Waals surface area contributed by atoms with Gasteiger partial charge in [0.25, 0.3) is 10.2 Å². The molecule has 2 aromatic rings. The molecule has 1 saturated heterocycles. The minimum Gasteiger partial charge on any atom is -0.264 e. The zero-order chi connectivity index (χ0) is 18.0. The van der Waals surface area contributed by atoms with E-state index < -0.39 is 10.2 Å². The fourth-order valence-corrected chi connectivity index (χ4v) is 4.49. The highest BCUT2D eigenvalue weighted by molar-refractivity contribution is 7.86. The first kappa shape index (κ1) is 18.0. The maximum Gasteiger partial charge on any atom is 0.281 e. The molecular weight excluding hydrogens is 338 g/mol. The van der Waals surface area contributed by atoms with Crippen LogP contribution < -0.4 is 0 Å². The maximum absolute atomic E-state index is 12.4. The molecule has 2 aromatic heterocycles. The summed E-state index contributed by atoms with van der Waals surface area (Å²) in [6.45, 7) is 3.92. The first-order valence-corrected chi connectivity index (χ1v) is 9.99. The Morgan fingerprint density at radius 3 is 2.80 bits per heavy atom. The van der Waals surface area contributed by atoms with E-state index in [0.29, 0.717) is 13.1 Å². The molecule has 136 valence electrons. The van der Waals surface area contributed by atoms with Crippen molar-refractivity contribution in [1.29, 1.82) is 0 Å². The summed E-state index contributed by atoms with van der Waals surface area (Å²) in [5, 5.41) is 4.30. The lowest BCUT2D eigenvalue weighted by molar-refractivity contribution is 0.298. The van der Waals surface area contributed by atoms with Gasteiger partial charge in [0.05, 0.1) is 11.4 Å². The third kappa shape index (κ3) is 3.61. The van der Waals surface area contributed by atoms with Gasteiger partial charge in [0.2, 0.25) is 0 Å². The van der Waals surface area contributed by atoms with Crippen LogP contribution in [0.5, 0.6) is 0 Å². The first-order valence-electron chi connectivity index (χ1n) is 8.59. The summed E-state index contributed by atoms with van der Waals surface area (Å²) >= 11 is 0. The zero-order valence-electron chi connectivity index (χ0n) is 15.0. The SMILES string of the molecule is CCn1nccc1-c1cc(C2CCCN(S(=O)(=O)N(C)C)C2)ccn1. The van der Waals surface area contributed by atoms with E-state index in [1.165, 1.54) is 4.31 Å². The Morgan fingerprint density at radius 1 is 1.28 bits per heavy atom. The molecule has 0 aromatic carbocycles. The summed E-state index contributed by atoms with van der Waals surface area (Å²) in [4.78, 5) is 4.48. The summed E-state index contributed by atoms with van der Waals surface area (Å²) < 4.78 is 29.6. The van der Waals surface area contributed by atoms with Gasteiger partial charge in [-0.15, -0.1) is 0 Å². The lowest BCUT2D eigenvalue weighted by Crippen LogP contribution is -2.44. The van der Waals surface area contributed by atoms with Crippen molar-refractivity contribution < 1.29 is 8.42 Å². The Balaban J connectivity index is 1.86. The van der Waals surface area contributed by atoms with Crippen LogP contribution in [-0.2, 0) is 16.8 Å². The highest BCUT2D eigenvalue weighted by Crippen LogP contribution is 2.30. The van der Waals surface area contributed by atoms with Gasteiger partial charge in [-0.3, -0.25) is 9.67 Å². The van der Waals surface area contributed by atoms with Gasteiger partial charge in [0.15, 0.2) is 0 Å². The van der Waals surface area contributed by atoms with E-state index in [2.05, 4.69) is 16.1 Å². The van der Waals surface area contributed by atoms with Crippen molar-refractivity contribution in [3.63, 3.8) is 0 Å². The van der Waals surface area contributed by atoms with Crippen LogP contribution in [0.2, 0.25) is 0 Å². The van der Waals surface area contributed by atoms with Crippen molar-refractivity contribution >= 4 is 10.2 Å². The van der Waals surface area contributed by atoms with Crippen molar-refractivity contribution in [3.8, 4) is 11.4 Å². The Hall–Kier alpha value is -1.77. The first-order chi connectivity index (χ1) is 11.9. The highest BCUT2D eigenvalue weighted by atomic mass is 32.2. The number of aryl methyl sites for hydroxylation is 1. The fourth-order valence-electron chi connectivity index (χ4n) is 3.30. The number of aromatic nitrogens is 3. The summed E-state index contributed by atoms with van der Waals surface area (Å²) in [7, 11) is -0.210. The van der Waals surface area contributed by atoms with Crippen molar-refractivity contribution in [3.05, 3.63) is 36.2 Å². The van der Waals surface area contributed by atoms with Gasteiger partial charge in [-0.2, -0.15) is 22.1 Å². The molecule has 3 heterocycles. The second-order valence-corrected chi connectivity index (χ2v) is 8.64. The molecule has 1 fully saturated rings. The second-order valence-electron chi connectivity index (χ2n) is 6.49. The van der Waals surface area contributed by atoms with Gasteiger partial charge in [0, 0.05) is 46.1 Å². The van der Waals surface area contributed by atoms with Gasteiger partial charge >= 0.3 is 0 Å². The summed E-state index contributed by atoms with van der Waals surface area (Å²) in [5.74, 6) is 0.184. The standard InChI is InChI=1S/C17H25N5O2S/c1-4-22-17(8-10-19-22)16-12-14(7-9-18-16)15-6-5-11-21(13-15)25(23,24)20(2)3/h7-10,12,15H,4-6,11,13H2,1-3H3. The minimum absolute atomic E-state index is 0.184. The number of nitrogens with zero attached hydrogens (tertiary/aromatic N) is 5. The van der Waals surface area contributed by atoms with Crippen LogP contribution in [0, 0.1) is 0 Å². The van der Waals surface area contributed by atoms with Crippen molar-refractivity contribution in [1.82, 2.24) is 23.4 Å². The Labute approximate surface area is 149 Å². The fraction of sp³-hybridized carbons (Fsp3) is 0.529. The molecule has 1 unspecified atom stereocenters. The molecular formula is C17H25N5O2S. The predicted molar refractivity (Wildman–Crippen MR) is 97.3 cm³/mol. The van der Waals surface area contributed by atoms with E-state index >= 15 is 0 Å². The lowest BCUT2D eigenvalue weighted by atomic mass is 9.91. The van der Waals surface area contributed by atoms with Crippen molar-refractivity contribution in [2.75, 3.05) is 27.2 Å². The molecule has 8 heteroatoms. The summed E-state index contributed by atoms with van der Waals surface area (Å²) in [5.41, 5.74) is 3.00. The maximum atomic E-state index is 12.4. The molecule has 0 radical (unpaired) electrons. The van der Waals surface area contributed by atoms with E-state index in [-0.39, 0.29) is 5.92 Å². The van der Waals surface area contributed by atoms with E-state index in [1.807, 2.05) is 23.7 Å². The molecule has 3 rings (SSSR count). The minimum atomic E-state index is -3.37. The van der Waals surface area contributed by atoms with Crippen LogP contribution >= 0.6 is 0 Å². The third-order valence-corrected chi connectivity index (χ3v) is 6.61. The number of rotatable bonds is 5. The summed E-state index contributed by atoms with van der Waals surface area (Å²) in [6.07, 6.45) is 5.43. The van der Waals surface area contributed by atoms with Gasteiger partial charge in [-0.05, 0) is 49.4 Å². The molecule has 1 aliphatic heterocycles. The number of hydrogen-bond acceptors (Lipinski definition) is 4. The molecule has 25 heavy (non-hydrogen) atoms. The van der Waals surface area contributed by atoms with Crippen LogP contribution in [-0.4, -0.2) is 59.0 Å². The molecule has 0 bridgehead atoms. The van der Waals surface area contributed by atoms with Crippen molar-refractivity contribution in [2.24, 2.45) is 0 Å². The molecule has 0 aliphatic carbocycles. The summed E-state index contributed by atoms with van der Waals surface area (Å²) in [6, 6.07) is 6.02. The van der Waals surface area contributed by atoms with E-state index in [4.69, 9.17) is 0 Å². The average Bonchev–Trinajstić information content (AvgIpc) is 3.10. The van der Waals surface area contributed by atoms with Gasteiger partial charge in [-0.25, -0.2) is 0 Å². The Morgan fingerprint density at radius 2 is 2.08 bits per heavy atom. The largest absolute Gasteiger partial charge is 0.281 e. The van der Waals surface area contributed by atoms with E-state index in [9.17, 15) is 8.42 Å². The zero-order valence-corrected chi connectivity index (χ0v) is 15.8. The van der Waals surface area contributed by atoms with Gasteiger partial charge in [-0.1, -0.05) is 0 Å². The van der Waals surface area contributed by atoms with E-state index in [0.717, 1.165) is 36.3 Å². The van der Waals surface area contributed by atoms with Gasteiger partial charge in [0.1, 0.15) is 0 Å². The van der Waals surface area contributed by atoms with Crippen molar-refractivity contribution in [2.45, 2.75) is 32.2 Å². The van der Waals surface area contributed by atoms with Gasteiger partial charge < -0.3 is 0 Å². The van der Waals surface area contributed by atoms with Crippen LogP contribution in [0.3, 0.4) is 0 Å². The van der Waals surface area contributed by atoms with Crippen LogP contribution in [0.4, 0.5) is 0 Å². The van der Waals surface area contributed by atoms with Crippen LogP contribution in [0.15, 0.2) is 30.6 Å². The molecule has 0 spiro atoms. The highest BCUT2D eigenvalue weighted by Gasteiger charge is 2.31. The van der Waals surface area contributed by atoms with E-state index in [1.54, 1.807) is 30.8 Å². The molecule has 7 nitrogen and oxygen atoms in total. The monoisotopic (exact) mass is 363 g/mol. The Kier molecular flexibility index (Phi) is 5.21. The second kappa shape index (κ2) is 7.23. The third-order valence-electron chi connectivity index (χ3n) is 4.71. The quantitative estimate of drug-likeness (QED) is 0.814. The number of pyridine rings is 1. The molecule has 1 aliphatic rings. The topological polar surface area (TPSA) is 71.3 Å². The van der Waals surface area contributed by atoms with Crippen LogP contribution in [0.1, 0.15) is 31.2 Å². The molecule has 0 saturated carbocycles. The number of hydrogen-bond donors (Lipinski definition) is 0. The number of piperidine rings is 1. The van der Waals surface area contributed by atoms with Crippen LogP contribution in [0.25, 0.3) is 11.4 Å². The predicted octanol–water partition coefficient (Wildman–Crippen LogP) is 1.95. The Bertz CT molecular complexity index is 831. The lowest BCUT2D eigenvalue weighted by Gasteiger charge is -2.33.